The molecular formula is C27H32N8O3. The maximum atomic E-state index is 12.6. The topological polar surface area (TPSA) is 126 Å². The van der Waals surface area contributed by atoms with Gasteiger partial charge in [-0.25, -0.2) is 0 Å². The van der Waals surface area contributed by atoms with Crippen molar-refractivity contribution in [3.63, 3.8) is 0 Å². The highest BCUT2D eigenvalue weighted by atomic mass is 16.5. The molecule has 2 aliphatic heterocycles. The maximum Gasteiger partial charge on any atom is 0.273 e. The largest absolute Gasteiger partial charge is 0.381 e. The summed E-state index contributed by atoms with van der Waals surface area (Å²) in [6, 6.07) is 8.14. The Hall–Kier alpha value is -3.99. The summed E-state index contributed by atoms with van der Waals surface area (Å²) in [4.78, 5) is 27.2. The fourth-order valence-corrected chi connectivity index (χ4v) is 5.39. The zero-order valence-corrected chi connectivity index (χ0v) is 21.8. The van der Waals surface area contributed by atoms with Crippen molar-refractivity contribution in [3.8, 4) is 11.1 Å². The van der Waals surface area contributed by atoms with E-state index < -0.39 is 0 Å². The van der Waals surface area contributed by atoms with Crippen LogP contribution in [0.3, 0.4) is 0 Å². The van der Waals surface area contributed by atoms with E-state index in [1.807, 2.05) is 18.3 Å². The van der Waals surface area contributed by atoms with Gasteiger partial charge in [0.1, 0.15) is 0 Å². The van der Waals surface area contributed by atoms with Gasteiger partial charge in [-0.05, 0) is 38.7 Å². The summed E-state index contributed by atoms with van der Waals surface area (Å²) in [6.07, 6.45) is 5.64. The van der Waals surface area contributed by atoms with Crippen LogP contribution in [-0.4, -0.2) is 59.1 Å². The number of carbonyl (C=O) groups excluding carboxylic acids is 2. The minimum atomic E-state index is -0.369. The van der Waals surface area contributed by atoms with Crippen LogP contribution in [0.2, 0.25) is 0 Å². The van der Waals surface area contributed by atoms with Crippen molar-refractivity contribution in [2.24, 2.45) is 5.92 Å². The van der Waals surface area contributed by atoms with Crippen LogP contribution in [0.1, 0.15) is 60.9 Å². The van der Waals surface area contributed by atoms with Crippen molar-refractivity contribution in [2.75, 3.05) is 42.8 Å². The van der Waals surface area contributed by atoms with Crippen LogP contribution >= 0.6 is 0 Å². The summed E-state index contributed by atoms with van der Waals surface area (Å²) in [6.45, 7) is 3.70. The molecule has 6 rings (SSSR count). The number of rotatable bonds is 6. The molecule has 2 amide bonds. The van der Waals surface area contributed by atoms with E-state index in [1.54, 1.807) is 13.1 Å². The normalized spacial score (nSPS) is 18.9. The molecule has 4 heterocycles. The first-order valence-electron chi connectivity index (χ1n) is 13.1. The molecule has 2 aromatic heterocycles. The highest BCUT2D eigenvalue weighted by Gasteiger charge is 2.34. The lowest BCUT2D eigenvalue weighted by molar-refractivity contribution is -0.117. The highest BCUT2D eigenvalue weighted by molar-refractivity contribution is 6.01. The number of fused-ring (bicyclic) bond motifs is 3. The van der Waals surface area contributed by atoms with Crippen molar-refractivity contribution in [3.05, 3.63) is 41.9 Å². The lowest BCUT2D eigenvalue weighted by Gasteiger charge is -2.37. The van der Waals surface area contributed by atoms with E-state index in [0.717, 1.165) is 61.4 Å². The molecule has 0 unspecified atom stereocenters. The molecule has 11 heteroatoms. The quantitative estimate of drug-likeness (QED) is 0.453. The first-order valence-corrected chi connectivity index (χ1v) is 13.1. The second-order valence-corrected chi connectivity index (χ2v) is 10.2. The van der Waals surface area contributed by atoms with Gasteiger partial charge >= 0.3 is 0 Å². The van der Waals surface area contributed by atoms with Gasteiger partial charge in [0.2, 0.25) is 5.91 Å². The Morgan fingerprint density at radius 1 is 1.05 bits per heavy atom. The summed E-state index contributed by atoms with van der Waals surface area (Å²) in [5.74, 6) is -0.104. The molecule has 3 aromatic rings. The molecule has 11 nitrogen and oxygen atoms in total. The maximum absolute atomic E-state index is 12.6. The van der Waals surface area contributed by atoms with Gasteiger partial charge in [-0.3, -0.25) is 14.3 Å². The molecule has 2 fully saturated rings. The van der Waals surface area contributed by atoms with E-state index in [4.69, 9.17) is 9.84 Å². The van der Waals surface area contributed by atoms with E-state index in [9.17, 15) is 9.59 Å². The first kappa shape index (κ1) is 24.4. The number of anilines is 4. The third-order valence-corrected chi connectivity index (χ3v) is 7.73. The molecule has 3 aliphatic rings. The number of para-hydroxylation sites is 1. The number of ether oxygens (including phenoxy) is 1. The van der Waals surface area contributed by atoms with Gasteiger partial charge in [0.15, 0.2) is 11.5 Å². The molecule has 38 heavy (non-hydrogen) atoms. The molecule has 1 aromatic carbocycles. The number of amides is 2. The second-order valence-electron chi connectivity index (χ2n) is 10.2. The van der Waals surface area contributed by atoms with E-state index in [0.29, 0.717) is 17.5 Å². The SMILES string of the molecule is CNC(=O)c1nnc(NC(=O)C2CC2)cc1Nc1cccc2c1N(C)[C@@H](C)c1c-2cnn1C1CCOCC1. The van der Waals surface area contributed by atoms with Crippen LogP contribution in [0, 0.1) is 5.92 Å². The molecule has 1 atom stereocenters. The number of carbonyl (C=O) groups is 2. The van der Waals surface area contributed by atoms with Gasteiger partial charge < -0.3 is 25.6 Å². The van der Waals surface area contributed by atoms with Crippen molar-refractivity contribution in [2.45, 2.75) is 44.7 Å². The lowest BCUT2D eigenvalue weighted by atomic mass is 9.93. The Balaban J connectivity index is 1.38. The van der Waals surface area contributed by atoms with Crippen LogP contribution in [0.4, 0.5) is 22.9 Å². The molecule has 198 valence electrons. The summed E-state index contributed by atoms with van der Waals surface area (Å²) < 4.78 is 7.76. The Labute approximate surface area is 220 Å². The van der Waals surface area contributed by atoms with E-state index in [2.05, 4.69) is 55.8 Å². The molecule has 1 saturated carbocycles. The van der Waals surface area contributed by atoms with E-state index >= 15 is 0 Å². The Morgan fingerprint density at radius 2 is 1.84 bits per heavy atom. The molecule has 0 radical (unpaired) electrons. The number of hydrogen-bond acceptors (Lipinski definition) is 8. The van der Waals surface area contributed by atoms with Gasteiger partial charge in [0.25, 0.3) is 5.91 Å². The van der Waals surface area contributed by atoms with Crippen molar-refractivity contribution in [1.82, 2.24) is 25.3 Å². The third kappa shape index (κ3) is 4.26. The zero-order chi connectivity index (χ0) is 26.4. The van der Waals surface area contributed by atoms with Gasteiger partial charge in [-0.1, -0.05) is 12.1 Å². The fourth-order valence-electron chi connectivity index (χ4n) is 5.39. The average molecular weight is 517 g/mol. The van der Waals surface area contributed by atoms with Crippen LogP contribution in [0.5, 0.6) is 0 Å². The number of nitrogens with one attached hydrogen (secondary N) is 3. The van der Waals surface area contributed by atoms with Crippen LogP contribution in [0.15, 0.2) is 30.5 Å². The van der Waals surface area contributed by atoms with Gasteiger partial charge in [0, 0.05) is 50.4 Å². The standard InChI is InChI=1S/C27H32N8O3/c1-15-24-19(14-29-35(24)17-9-11-38-12-10-17)18-5-4-6-20(25(18)34(15)3)30-21-13-22(31-26(36)16-7-8-16)32-33-23(21)27(37)28-2/h4-6,13-17H,7-12H2,1-3H3,(H,28,37)(H2,30,31,32,36)/t15-/m0/s1. The Bertz CT molecular complexity index is 1390. The number of nitrogens with zero attached hydrogens (tertiary/aromatic N) is 5. The van der Waals surface area contributed by atoms with Crippen LogP contribution < -0.4 is 20.9 Å². The third-order valence-electron chi connectivity index (χ3n) is 7.73. The predicted molar refractivity (Wildman–Crippen MR) is 144 cm³/mol. The number of hydrogen-bond donors (Lipinski definition) is 3. The first-order chi connectivity index (χ1) is 18.5. The Kier molecular flexibility index (Phi) is 6.22. The Morgan fingerprint density at radius 3 is 2.58 bits per heavy atom. The lowest BCUT2D eigenvalue weighted by Crippen LogP contribution is -2.31. The number of aromatic nitrogens is 4. The molecule has 1 saturated heterocycles. The minimum absolute atomic E-state index is 0.0272. The molecule has 0 bridgehead atoms. The van der Waals surface area contributed by atoms with Crippen molar-refractivity contribution in [1.29, 1.82) is 0 Å². The summed E-state index contributed by atoms with van der Waals surface area (Å²) in [7, 11) is 3.62. The summed E-state index contributed by atoms with van der Waals surface area (Å²) in [5, 5.41) is 21.9. The summed E-state index contributed by atoms with van der Waals surface area (Å²) in [5.41, 5.74) is 5.80. The predicted octanol–water partition coefficient (Wildman–Crippen LogP) is 3.65. The number of benzene rings is 1. The fraction of sp³-hybridized carbons (Fsp3) is 0.444. The van der Waals surface area contributed by atoms with E-state index in [1.165, 1.54) is 5.69 Å². The minimum Gasteiger partial charge on any atom is -0.381 e. The van der Waals surface area contributed by atoms with Crippen LogP contribution in [0.25, 0.3) is 11.1 Å². The van der Waals surface area contributed by atoms with Crippen LogP contribution in [-0.2, 0) is 9.53 Å². The molecule has 0 spiro atoms. The van der Waals surface area contributed by atoms with Crippen molar-refractivity contribution >= 4 is 34.7 Å². The van der Waals surface area contributed by atoms with Gasteiger partial charge in [-0.2, -0.15) is 5.10 Å². The second kappa shape index (κ2) is 9.71. The smallest absolute Gasteiger partial charge is 0.273 e. The van der Waals surface area contributed by atoms with Crippen molar-refractivity contribution < 1.29 is 14.3 Å². The monoisotopic (exact) mass is 516 g/mol. The van der Waals surface area contributed by atoms with Gasteiger partial charge in [0.05, 0.1) is 41.0 Å². The molecule has 3 N–H and O–H groups in total. The molecule has 1 aliphatic carbocycles. The summed E-state index contributed by atoms with van der Waals surface area (Å²) >= 11 is 0. The zero-order valence-electron chi connectivity index (χ0n) is 21.8. The van der Waals surface area contributed by atoms with Gasteiger partial charge in [-0.15, -0.1) is 10.2 Å². The average Bonchev–Trinajstić information content (AvgIpc) is 3.70. The molecular weight excluding hydrogens is 484 g/mol. The van der Waals surface area contributed by atoms with E-state index in [-0.39, 0.29) is 29.5 Å². The highest BCUT2D eigenvalue weighted by Crippen LogP contribution is 2.49.